The lowest BCUT2D eigenvalue weighted by molar-refractivity contribution is -0.0340. The Morgan fingerprint density at radius 1 is 0.255 bits per heavy atom. The molecule has 6 heterocycles. The van der Waals surface area contributed by atoms with Crippen LogP contribution in [0.5, 0.6) is 0 Å². The average molecular weight is 860 g/mol. The zero-order valence-electron chi connectivity index (χ0n) is 34.3. The highest BCUT2D eigenvalue weighted by molar-refractivity contribution is 7.03. The van der Waals surface area contributed by atoms with E-state index in [1.165, 1.54) is 0 Å². The summed E-state index contributed by atoms with van der Waals surface area (Å²) in [5, 5.41) is 0. The van der Waals surface area contributed by atoms with E-state index in [9.17, 15) is 0 Å². The topological polar surface area (TPSA) is 111 Å². The normalized spacial score (nSPS) is 42.5. The van der Waals surface area contributed by atoms with Gasteiger partial charge in [0.1, 0.15) is 0 Å². The number of hydrogen-bond donors (Lipinski definition) is 0. The van der Waals surface area contributed by atoms with Crippen molar-refractivity contribution in [3.05, 3.63) is 0 Å². The van der Waals surface area contributed by atoms with Crippen molar-refractivity contribution in [1.29, 1.82) is 0 Å². The van der Waals surface area contributed by atoms with E-state index in [0.29, 0.717) is 48.4 Å². The highest BCUT2D eigenvalue weighted by Gasteiger charge is 2.83. The molecule has 0 aromatic heterocycles. The van der Waals surface area contributed by atoms with Crippen molar-refractivity contribution >= 4 is 70.4 Å². The summed E-state index contributed by atoms with van der Waals surface area (Å²) < 4.78 is 92.4. The molecule has 0 spiro atoms. The van der Waals surface area contributed by atoms with Gasteiger partial charge < -0.3 is 49.4 Å². The minimum atomic E-state index is -3.84. The molecule has 0 aliphatic carbocycles. The Hall–Kier alpha value is 1.26. The van der Waals surface area contributed by atoms with Gasteiger partial charge in [0.05, 0.1) is 0 Å². The molecule has 6 saturated heterocycles. The second kappa shape index (κ2) is 15.5. The highest BCUT2D eigenvalue weighted by Crippen LogP contribution is 2.55. The molecule has 6 fully saturated rings. The molecule has 0 atom stereocenters. The first-order valence-corrected chi connectivity index (χ1v) is 35.3. The van der Waals surface area contributed by atoms with E-state index < -0.39 is 70.4 Å². The molecule has 298 valence electrons. The molecule has 0 unspecified atom stereocenters. The van der Waals surface area contributed by atoms with Crippen molar-refractivity contribution in [3.63, 3.8) is 0 Å². The molecule has 12 nitrogen and oxygen atoms in total. The van der Waals surface area contributed by atoms with Gasteiger partial charge in [-0.1, -0.05) is 110 Å². The molecule has 0 radical (unpaired) electrons. The molecule has 8 bridgehead atoms. The van der Waals surface area contributed by atoms with Gasteiger partial charge in [-0.25, -0.2) is 0 Å². The fraction of sp³-hybridized carbons (Fsp3) is 1.00. The van der Waals surface area contributed by atoms with Crippen molar-refractivity contribution in [2.75, 3.05) is 0 Å². The first-order valence-electron chi connectivity index (χ1n) is 19.9. The second-order valence-corrected chi connectivity index (χ2v) is 42.7. The Labute approximate surface area is 318 Å². The lowest BCUT2D eigenvalue weighted by Gasteiger charge is -2.64. The largest absolute Gasteiger partial charge is 0.479 e. The zero-order valence-corrected chi connectivity index (χ0v) is 42.3. The van der Waals surface area contributed by atoms with Crippen LogP contribution in [0.3, 0.4) is 0 Å². The van der Waals surface area contributed by atoms with Gasteiger partial charge in [0, 0.05) is 48.4 Å². The molecule has 0 N–H and O–H groups in total. The zero-order chi connectivity index (χ0) is 37.9. The third-order valence-corrected chi connectivity index (χ3v) is 49.1. The summed E-state index contributed by atoms with van der Waals surface area (Å²) in [6.45, 7) is 32.6. The highest BCUT2D eigenvalue weighted by atomic mass is 28.6. The van der Waals surface area contributed by atoms with Gasteiger partial charge in [0.2, 0.25) is 0 Å². The summed E-state index contributed by atoms with van der Waals surface area (Å²) in [7, 11) is -30.6. The smallest absolute Gasteiger partial charge is 0.373 e. The monoisotopic (exact) mass is 858 g/mol. The fourth-order valence-electron chi connectivity index (χ4n) is 8.18. The standard InChI is InChI=1S/C31H70O12Si8/c1-16-17-44-32-45(18-25(2)3)35-48(21-28(8)9)37-46(33-44,19-26(4)5)39-50(23-30(12)13)40-47(34-44,20-27(6)7)38-49(36-45,22-29(10)11)42-51(41-48,43-50)24-31(14)15/h25-31H,16-24H2,1-15H3. The summed E-state index contributed by atoms with van der Waals surface area (Å²) in [6, 6.07) is 4.13. The third kappa shape index (κ3) is 9.87. The lowest BCUT2D eigenvalue weighted by Crippen LogP contribution is -2.88. The van der Waals surface area contributed by atoms with Crippen LogP contribution in [0.15, 0.2) is 0 Å². The van der Waals surface area contributed by atoms with E-state index in [-0.39, 0.29) is 41.4 Å². The third-order valence-electron chi connectivity index (χ3n) is 8.90. The Bertz CT molecular complexity index is 1060. The van der Waals surface area contributed by atoms with Crippen LogP contribution >= 0.6 is 0 Å². The maximum absolute atomic E-state index is 7.72. The summed E-state index contributed by atoms with van der Waals surface area (Å²) in [5.41, 5.74) is 0. The maximum Gasteiger partial charge on any atom is 0.479 e. The first kappa shape index (κ1) is 43.4. The van der Waals surface area contributed by atoms with Gasteiger partial charge in [-0.15, -0.1) is 0 Å². The first-order chi connectivity index (χ1) is 23.5. The Morgan fingerprint density at radius 2 is 0.392 bits per heavy atom. The number of rotatable bonds is 16. The van der Waals surface area contributed by atoms with Crippen LogP contribution in [-0.2, 0) is 49.4 Å². The van der Waals surface area contributed by atoms with Crippen molar-refractivity contribution < 1.29 is 49.4 Å². The average Bonchev–Trinajstić information content (AvgIpc) is 2.80. The molecule has 6 rings (SSSR count). The minimum Gasteiger partial charge on any atom is -0.373 e. The quantitative estimate of drug-likeness (QED) is 0.139. The van der Waals surface area contributed by atoms with Crippen LogP contribution in [0.25, 0.3) is 0 Å². The van der Waals surface area contributed by atoms with E-state index >= 15 is 0 Å². The van der Waals surface area contributed by atoms with Crippen molar-refractivity contribution in [2.45, 2.75) is 159 Å². The van der Waals surface area contributed by atoms with Crippen LogP contribution in [0.4, 0.5) is 0 Å². The van der Waals surface area contributed by atoms with Crippen LogP contribution in [-0.4, -0.2) is 70.4 Å². The summed E-state index contributed by atoms with van der Waals surface area (Å²) in [4.78, 5) is 0. The van der Waals surface area contributed by atoms with Gasteiger partial charge in [0.15, 0.2) is 0 Å². The van der Waals surface area contributed by atoms with Crippen LogP contribution in [0.1, 0.15) is 110 Å². The van der Waals surface area contributed by atoms with Crippen LogP contribution in [0, 0.1) is 41.4 Å². The van der Waals surface area contributed by atoms with Crippen LogP contribution in [0.2, 0.25) is 48.4 Å². The minimum absolute atomic E-state index is 0.152. The van der Waals surface area contributed by atoms with Gasteiger partial charge in [-0.2, -0.15) is 0 Å². The predicted octanol–water partition coefficient (Wildman–Crippen LogP) is 8.77. The summed E-state index contributed by atoms with van der Waals surface area (Å²) >= 11 is 0. The molecular formula is C31H70O12Si8. The lowest BCUT2D eigenvalue weighted by atomic mass is 10.3. The molecule has 0 saturated carbocycles. The maximum atomic E-state index is 7.72. The molecular weight excluding hydrogens is 789 g/mol. The van der Waals surface area contributed by atoms with Crippen LogP contribution < -0.4 is 0 Å². The van der Waals surface area contributed by atoms with Crippen molar-refractivity contribution in [1.82, 2.24) is 0 Å². The Balaban J connectivity index is 1.96. The SMILES string of the molecule is CCC[Si]12O[Si]3(CC(C)C)O[Si]4(CC(C)C)O[Si](CC(C)C)(O1)O[Si]1(CC(C)C)O[Si](CC(C)C)(O2)O[Si](CC(C)C)(O3)O[Si](CC(C)C)(O4)O1. The van der Waals surface area contributed by atoms with E-state index in [2.05, 4.69) is 104 Å². The van der Waals surface area contributed by atoms with Gasteiger partial charge in [0.25, 0.3) is 0 Å². The fourth-order valence-corrected chi connectivity index (χ4v) is 59.8. The van der Waals surface area contributed by atoms with E-state index in [0.717, 1.165) is 6.42 Å². The Morgan fingerprint density at radius 3 is 0.510 bits per heavy atom. The summed E-state index contributed by atoms with van der Waals surface area (Å²) in [5.74, 6) is 1.08. The molecule has 51 heavy (non-hydrogen) atoms. The van der Waals surface area contributed by atoms with E-state index in [4.69, 9.17) is 49.4 Å². The Kier molecular flexibility index (Phi) is 13.2. The molecule has 0 amide bonds. The molecule has 6 aliphatic heterocycles. The van der Waals surface area contributed by atoms with Crippen molar-refractivity contribution in [2.24, 2.45) is 41.4 Å². The summed E-state index contributed by atoms with van der Waals surface area (Å²) in [6.07, 6.45) is 0.752. The van der Waals surface area contributed by atoms with Crippen molar-refractivity contribution in [3.8, 4) is 0 Å². The van der Waals surface area contributed by atoms with Gasteiger partial charge >= 0.3 is 70.4 Å². The second-order valence-electron chi connectivity index (χ2n) is 18.6. The molecule has 20 heteroatoms. The van der Waals surface area contributed by atoms with E-state index in [1.807, 2.05) is 0 Å². The van der Waals surface area contributed by atoms with Gasteiger partial charge in [-0.3, -0.25) is 0 Å². The molecule has 0 aromatic rings. The number of hydrogen-bond acceptors (Lipinski definition) is 12. The molecule has 0 aromatic carbocycles. The van der Waals surface area contributed by atoms with E-state index in [1.54, 1.807) is 0 Å². The molecule has 6 aliphatic rings. The van der Waals surface area contributed by atoms with Gasteiger partial charge in [-0.05, 0) is 41.4 Å². The predicted molar refractivity (Wildman–Crippen MR) is 212 cm³/mol.